The number of halogens is 1. The van der Waals surface area contributed by atoms with Gasteiger partial charge in [0.05, 0.1) is 12.3 Å². The fourth-order valence-corrected chi connectivity index (χ4v) is 1.87. The molecule has 1 aromatic rings. The van der Waals surface area contributed by atoms with Gasteiger partial charge in [0.25, 0.3) is 4.45 Å². The molecule has 0 spiro atoms. The lowest BCUT2D eigenvalue weighted by Crippen LogP contribution is -2.26. The topological polar surface area (TPSA) is 38.7 Å². The molecule has 3 nitrogen and oxygen atoms in total. The number of hydrogen-bond donors (Lipinski definition) is 0. The van der Waals surface area contributed by atoms with Gasteiger partial charge in [0, 0.05) is 0 Å². The van der Waals surface area contributed by atoms with Gasteiger partial charge in [-0.3, -0.25) is 0 Å². The lowest BCUT2D eigenvalue weighted by Gasteiger charge is -2.05. The minimum absolute atomic E-state index is 0.344. The van der Waals surface area contributed by atoms with Crippen molar-refractivity contribution in [2.24, 2.45) is 4.99 Å². The number of carbonyl (C=O) groups is 1. The van der Waals surface area contributed by atoms with Crippen LogP contribution in [0.25, 0.3) is 0 Å². The molecule has 0 amide bonds. The van der Waals surface area contributed by atoms with Crippen molar-refractivity contribution in [3.8, 4) is 0 Å². The Hall–Kier alpha value is -1.16. The van der Waals surface area contributed by atoms with Gasteiger partial charge in [-0.25, -0.2) is 9.79 Å². The molecule has 78 valence electrons. The lowest BCUT2D eigenvalue weighted by molar-refractivity contribution is -0.142. The summed E-state index contributed by atoms with van der Waals surface area (Å²) in [6, 6.07) is 9.58. The molecule has 1 atom stereocenters. The molecule has 1 aromatic carbocycles. The highest BCUT2D eigenvalue weighted by Gasteiger charge is 2.54. The molecule has 0 bridgehead atoms. The zero-order valence-electron chi connectivity index (χ0n) is 8.24. The Kier molecular flexibility index (Phi) is 2.61. The maximum absolute atomic E-state index is 11.5. The van der Waals surface area contributed by atoms with Gasteiger partial charge >= 0.3 is 5.97 Å². The van der Waals surface area contributed by atoms with Crippen LogP contribution in [0.15, 0.2) is 35.3 Å². The van der Waals surface area contributed by atoms with Gasteiger partial charge in [-0.05, 0) is 28.4 Å². The molecule has 0 aliphatic carbocycles. The summed E-state index contributed by atoms with van der Waals surface area (Å²) >= 11 is 3.28. The molecule has 1 aliphatic heterocycles. The number of alkyl halides is 1. The molecular formula is C11H10BrNO2. The average molecular weight is 268 g/mol. The zero-order valence-corrected chi connectivity index (χ0v) is 9.82. The van der Waals surface area contributed by atoms with Gasteiger partial charge in [-0.2, -0.15) is 0 Å². The molecule has 0 saturated heterocycles. The van der Waals surface area contributed by atoms with E-state index in [1.54, 1.807) is 6.92 Å². The van der Waals surface area contributed by atoms with E-state index in [-0.39, 0.29) is 5.97 Å². The molecule has 15 heavy (non-hydrogen) atoms. The van der Waals surface area contributed by atoms with Crippen LogP contribution in [0.5, 0.6) is 0 Å². The van der Waals surface area contributed by atoms with Crippen LogP contribution in [-0.2, 0) is 9.53 Å². The van der Waals surface area contributed by atoms with Crippen LogP contribution < -0.4 is 0 Å². The summed E-state index contributed by atoms with van der Waals surface area (Å²) in [5.41, 5.74) is 1.68. The lowest BCUT2D eigenvalue weighted by atomic mass is 10.1. The van der Waals surface area contributed by atoms with E-state index in [0.29, 0.717) is 6.61 Å². The number of benzene rings is 1. The first-order chi connectivity index (χ1) is 7.18. The number of nitrogens with zero attached hydrogens (tertiary/aromatic N) is 1. The first-order valence-corrected chi connectivity index (χ1v) is 5.49. The van der Waals surface area contributed by atoms with Crippen molar-refractivity contribution in [2.45, 2.75) is 11.4 Å². The largest absolute Gasteiger partial charge is 0.463 e. The van der Waals surface area contributed by atoms with E-state index in [9.17, 15) is 4.79 Å². The van der Waals surface area contributed by atoms with Gasteiger partial charge in [-0.1, -0.05) is 30.3 Å². The summed E-state index contributed by atoms with van der Waals surface area (Å²) < 4.78 is 3.99. The fraction of sp³-hybridized carbons (Fsp3) is 0.273. The minimum atomic E-state index is -0.926. The number of ether oxygens (including phenoxy) is 1. The monoisotopic (exact) mass is 267 g/mol. The van der Waals surface area contributed by atoms with E-state index >= 15 is 0 Å². The fourth-order valence-electron chi connectivity index (χ4n) is 1.35. The van der Waals surface area contributed by atoms with E-state index in [1.165, 1.54) is 0 Å². The van der Waals surface area contributed by atoms with E-state index < -0.39 is 4.45 Å². The first-order valence-electron chi connectivity index (χ1n) is 4.70. The van der Waals surface area contributed by atoms with Crippen LogP contribution in [0, 0.1) is 0 Å². The predicted molar refractivity (Wildman–Crippen MR) is 61.3 cm³/mol. The number of carbonyl (C=O) groups excluding carboxylic acids is 1. The maximum Gasteiger partial charge on any atom is 0.351 e. The standard InChI is InChI=1S/C11H10BrNO2/c1-2-15-10(14)11(12)9(13-11)8-6-4-3-5-7-8/h3-7H,2H2,1H3. The molecule has 1 heterocycles. The summed E-state index contributed by atoms with van der Waals surface area (Å²) in [4.78, 5) is 15.7. The predicted octanol–water partition coefficient (Wildman–Crippen LogP) is 2.14. The van der Waals surface area contributed by atoms with Gasteiger partial charge < -0.3 is 4.74 Å². The number of esters is 1. The quantitative estimate of drug-likeness (QED) is 0.478. The van der Waals surface area contributed by atoms with Crippen molar-refractivity contribution in [2.75, 3.05) is 6.61 Å². The van der Waals surface area contributed by atoms with Crippen LogP contribution in [-0.4, -0.2) is 22.7 Å². The molecule has 0 fully saturated rings. The minimum Gasteiger partial charge on any atom is -0.463 e. The molecule has 1 unspecified atom stereocenters. The highest BCUT2D eigenvalue weighted by atomic mass is 79.9. The first kappa shape index (κ1) is 10.4. The van der Waals surface area contributed by atoms with Gasteiger partial charge in [0.2, 0.25) is 0 Å². The Morgan fingerprint density at radius 3 is 2.73 bits per heavy atom. The van der Waals surface area contributed by atoms with E-state index in [1.807, 2.05) is 30.3 Å². The number of rotatable bonds is 3. The van der Waals surface area contributed by atoms with Crippen molar-refractivity contribution in [3.05, 3.63) is 35.9 Å². The third-order valence-corrected chi connectivity index (χ3v) is 3.00. The summed E-state index contributed by atoms with van der Waals surface area (Å²) in [5, 5.41) is 0. The summed E-state index contributed by atoms with van der Waals surface area (Å²) in [6.07, 6.45) is 0. The smallest absolute Gasteiger partial charge is 0.351 e. The Morgan fingerprint density at radius 1 is 1.47 bits per heavy atom. The zero-order chi connectivity index (χ0) is 10.9. The Labute approximate surface area is 96.3 Å². The highest BCUT2D eigenvalue weighted by Crippen LogP contribution is 2.39. The molecule has 0 N–H and O–H groups in total. The Morgan fingerprint density at radius 2 is 2.13 bits per heavy atom. The molecule has 4 heteroatoms. The van der Waals surface area contributed by atoms with Crippen LogP contribution in [0.1, 0.15) is 12.5 Å². The summed E-state index contributed by atoms with van der Waals surface area (Å²) in [7, 11) is 0. The van der Waals surface area contributed by atoms with Crippen LogP contribution in [0.3, 0.4) is 0 Å². The summed E-state index contributed by atoms with van der Waals surface area (Å²) in [6.45, 7) is 2.14. The molecular weight excluding hydrogens is 258 g/mol. The van der Waals surface area contributed by atoms with Gasteiger partial charge in [0.1, 0.15) is 0 Å². The Bertz CT molecular complexity index is 416. The second-order valence-electron chi connectivity index (χ2n) is 3.17. The summed E-state index contributed by atoms with van der Waals surface area (Å²) in [5.74, 6) is -0.344. The van der Waals surface area contributed by atoms with Crippen molar-refractivity contribution >= 4 is 27.6 Å². The second kappa shape index (κ2) is 3.77. The third kappa shape index (κ3) is 1.81. The normalized spacial score (nSPS) is 23.2. The third-order valence-electron chi connectivity index (χ3n) is 2.12. The van der Waals surface area contributed by atoms with Crippen LogP contribution in [0.2, 0.25) is 0 Å². The number of hydrogen-bond acceptors (Lipinski definition) is 3. The van der Waals surface area contributed by atoms with Crippen LogP contribution in [0.4, 0.5) is 0 Å². The molecule has 2 rings (SSSR count). The SMILES string of the molecule is CCOC(=O)C1(Br)N=C1c1ccccc1. The van der Waals surface area contributed by atoms with Crippen molar-refractivity contribution in [1.29, 1.82) is 0 Å². The van der Waals surface area contributed by atoms with E-state index in [2.05, 4.69) is 20.9 Å². The van der Waals surface area contributed by atoms with Crippen molar-refractivity contribution < 1.29 is 9.53 Å². The molecule has 1 aliphatic rings. The molecule has 0 radical (unpaired) electrons. The maximum atomic E-state index is 11.5. The van der Waals surface area contributed by atoms with Crippen molar-refractivity contribution in [3.63, 3.8) is 0 Å². The molecule has 0 aromatic heterocycles. The average Bonchev–Trinajstić information content (AvgIpc) is 2.94. The number of aliphatic imine (C=N–C) groups is 1. The van der Waals surface area contributed by atoms with E-state index in [4.69, 9.17) is 4.74 Å². The van der Waals surface area contributed by atoms with E-state index in [0.717, 1.165) is 11.3 Å². The molecule has 0 saturated carbocycles. The highest BCUT2D eigenvalue weighted by molar-refractivity contribution is 9.10. The second-order valence-corrected chi connectivity index (χ2v) is 4.32. The van der Waals surface area contributed by atoms with Crippen LogP contribution >= 0.6 is 15.9 Å². The van der Waals surface area contributed by atoms with Crippen molar-refractivity contribution in [1.82, 2.24) is 0 Å². The van der Waals surface area contributed by atoms with Gasteiger partial charge in [0.15, 0.2) is 0 Å². The Balaban J connectivity index is 2.12. The van der Waals surface area contributed by atoms with Gasteiger partial charge in [-0.15, -0.1) is 0 Å².